The molecule has 1 aromatic heterocycles. The van der Waals surface area contributed by atoms with Crippen LogP contribution in [-0.4, -0.2) is 26.1 Å². The summed E-state index contributed by atoms with van der Waals surface area (Å²) in [7, 11) is 5.46. The highest BCUT2D eigenvalue weighted by Crippen LogP contribution is 2.19. The average molecular weight is 247 g/mol. The van der Waals surface area contributed by atoms with Crippen LogP contribution in [0.2, 0.25) is 0 Å². The zero-order valence-electron chi connectivity index (χ0n) is 11.1. The van der Waals surface area contributed by atoms with Crippen molar-refractivity contribution in [3.8, 4) is 0 Å². The Labute approximate surface area is 105 Å². The zero-order valence-corrected chi connectivity index (χ0v) is 11.1. The molecule has 0 fully saturated rings. The van der Waals surface area contributed by atoms with Gasteiger partial charge in [0.05, 0.1) is 10.9 Å². The topological polar surface area (TPSA) is 58.4 Å². The Morgan fingerprint density at radius 3 is 2.72 bits per heavy atom. The van der Waals surface area contributed by atoms with Gasteiger partial charge < -0.3 is 14.6 Å². The van der Waals surface area contributed by atoms with E-state index < -0.39 is 0 Å². The summed E-state index contributed by atoms with van der Waals surface area (Å²) >= 11 is 0. The molecule has 2 aromatic rings. The lowest BCUT2D eigenvalue weighted by molar-refractivity contribution is 0.502. The molecule has 1 aromatic carbocycles. The van der Waals surface area contributed by atoms with Crippen LogP contribution in [0.1, 0.15) is 11.1 Å². The number of aromatic nitrogens is 1. The molecule has 1 N–H and O–H groups in total. The third-order valence-electron chi connectivity index (χ3n) is 2.91. The predicted molar refractivity (Wildman–Crippen MR) is 72.1 cm³/mol. The van der Waals surface area contributed by atoms with Gasteiger partial charge in [-0.2, -0.15) is 4.98 Å². The maximum Gasteiger partial charge on any atom is 0.348 e. The van der Waals surface area contributed by atoms with Crippen molar-refractivity contribution >= 4 is 16.9 Å². The minimum absolute atomic E-state index is 0.327. The van der Waals surface area contributed by atoms with E-state index >= 15 is 0 Å². The minimum Gasteiger partial charge on any atom is -0.389 e. The molecule has 96 valence electrons. The Kier molecular flexibility index (Phi) is 3.34. The van der Waals surface area contributed by atoms with Crippen LogP contribution < -0.4 is 15.8 Å². The Hall–Kier alpha value is -1.88. The number of hydrogen-bond acceptors (Lipinski definition) is 5. The second-order valence-corrected chi connectivity index (χ2v) is 4.45. The van der Waals surface area contributed by atoms with E-state index in [4.69, 9.17) is 4.42 Å². The molecule has 0 aliphatic carbocycles. The first-order chi connectivity index (χ1) is 8.54. The molecule has 0 bridgehead atoms. The fourth-order valence-electron chi connectivity index (χ4n) is 1.92. The summed E-state index contributed by atoms with van der Waals surface area (Å²) < 4.78 is 5.20. The van der Waals surface area contributed by atoms with Gasteiger partial charge in [-0.05, 0) is 31.2 Å². The van der Waals surface area contributed by atoms with Gasteiger partial charge in [0.1, 0.15) is 0 Å². The summed E-state index contributed by atoms with van der Waals surface area (Å²) in [5.41, 5.74) is 2.34. The van der Waals surface area contributed by atoms with E-state index in [0.29, 0.717) is 16.9 Å². The van der Waals surface area contributed by atoms with E-state index in [9.17, 15) is 4.79 Å². The maximum atomic E-state index is 12.0. The van der Waals surface area contributed by atoms with Gasteiger partial charge in [0.15, 0.2) is 0 Å². The molecule has 0 spiro atoms. The summed E-state index contributed by atoms with van der Waals surface area (Å²) in [5, 5.41) is 3.64. The molecule has 1 heterocycles. The first-order valence-electron chi connectivity index (χ1n) is 5.80. The maximum absolute atomic E-state index is 12.0. The molecule has 0 aliphatic rings. The Balaban J connectivity index is 2.72. The molecule has 0 atom stereocenters. The van der Waals surface area contributed by atoms with Crippen molar-refractivity contribution < 1.29 is 4.42 Å². The number of hydrogen-bond donors (Lipinski definition) is 1. The molecule has 0 radical (unpaired) electrons. The monoisotopic (exact) mass is 247 g/mol. The standard InChI is InChI=1S/C13H17N3O2/c1-8-9(7-14-2)5-6-10-11(8)12(17)18-13(15-10)16(3)4/h5-6,14H,7H2,1-4H3. The molecular weight excluding hydrogens is 230 g/mol. The molecule has 0 unspecified atom stereocenters. The van der Waals surface area contributed by atoms with Crippen LogP contribution in [0.4, 0.5) is 6.01 Å². The van der Waals surface area contributed by atoms with Crippen molar-refractivity contribution in [3.05, 3.63) is 33.7 Å². The van der Waals surface area contributed by atoms with Crippen molar-refractivity contribution in [2.75, 3.05) is 26.0 Å². The van der Waals surface area contributed by atoms with Crippen LogP contribution in [0.25, 0.3) is 10.9 Å². The minimum atomic E-state index is -0.334. The molecule has 18 heavy (non-hydrogen) atoms. The molecule has 0 aliphatic heterocycles. The summed E-state index contributed by atoms with van der Waals surface area (Å²) in [6.45, 7) is 2.64. The van der Waals surface area contributed by atoms with Crippen molar-refractivity contribution in [1.82, 2.24) is 10.3 Å². The zero-order chi connectivity index (χ0) is 13.3. The lowest BCUT2D eigenvalue weighted by atomic mass is 10.0. The van der Waals surface area contributed by atoms with Gasteiger partial charge in [-0.15, -0.1) is 0 Å². The number of aryl methyl sites for hydroxylation is 1. The number of nitrogens with one attached hydrogen (secondary N) is 1. The highest BCUT2D eigenvalue weighted by atomic mass is 16.4. The van der Waals surface area contributed by atoms with Gasteiger partial charge in [0.2, 0.25) is 0 Å². The largest absolute Gasteiger partial charge is 0.389 e. The van der Waals surface area contributed by atoms with E-state index in [2.05, 4.69) is 10.3 Å². The highest BCUT2D eigenvalue weighted by molar-refractivity contribution is 5.82. The predicted octanol–water partition coefficient (Wildman–Crippen LogP) is 1.28. The average Bonchev–Trinajstić information content (AvgIpc) is 2.32. The number of benzene rings is 1. The third kappa shape index (κ3) is 2.09. The van der Waals surface area contributed by atoms with Crippen molar-refractivity contribution in [3.63, 3.8) is 0 Å². The Morgan fingerprint density at radius 2 is 2.11 bits per heavy atom. The van der Waals surface area contributed by atoms with Crippen molar-refractivity contribution in [2.24, 2.45) is 0 Å². The quantitative estimate of drug-likeness (QED) is 0.885. The number of fused-ring (bicyclic) bond motifs is 1. The van der Waals surface area contributed by atoms with Crippen LogP contribution in [0, 0.1) is 6.92 Å². The molecule has 0 saturated carbocycles. The summed E-state index contributed by atoms with van der Waals surface area (Å²) in [6, 6.07) is 4.17. The SMILES string of the molecule is CNCc1ccc2nc(N(C)C)oc(=O)c2c1C. The number of rotatable bonds is 3. The fraction of sp³-hybridized carbons (Fsp3) is 0.385. The van der Waals surface area contributed by atoms with Gasteiger partial charge in [-0.1, -0.05) is 6.07 Å². The fourth-order valence-corrected chi connectivity index (χ4v) is 1.92. The van der Waals surface area contributed by atoms with E-state index in [0.717, 1.165) is 17.7 Å². The van der Waals surface area contributed by atoms with Crippen molar-refractivity contribution in [2.45, 2.75) is 13.5 Å². The van der Waals surface area contributed by atoms with Crippen molar-refractivity contribution in [1.29, 1.82) is 0 Å². The molecule has 2 rings (SSSR count). The van der Waals surface area contributed by atoms with Gasteiger partial charge >= 0.3 is 5.63 Å². The lowest BCUT2D eigenvalue weighted by Crippen LogP contribution is -2.16. The molecule has 0 saturated heterocycles. The second-order valence-electron chi connectivity index (χ2n) is 4.45. The third-order valence-corrected chi connectivity index (χ3v) is 2.91. The van der Waals surface area contributed by atoms with E-state index in [-0.39, 0.29) is 5.63 Å². The van der Waals surface area contributed by atoms with Crippen LogP contribution in [0.5, 0.6) is 0 Å². The normalized spacial score (nSPS) is 10.9. The van der Waals surface area contributed by atoms with Crippen LogP contribution in [0.3, 0.4) is 0 Å². The summed E-state index contributed by atoms with van der Waals surface area (Å²) in [4.78, 5) is 18.0. The molecule has 5 nitrogen and oxygen atoms in total. The van der Waals surface area contributed by atoms with Gasteiger partial charge in [-0.3, -0.25) is 0 Å². The van der Waals surface area contributed by atoms with Crippen LogP contribution >= 0.6 is 0 Å². The molecule has 5 heteroatoms. The Bertz CT molecular complexity index is 632. The van der Waals surface area contributed by atoms with E-state index in [1.165, 1.54) is 0 Å². The molecule has 0 amide bonds. The van der Waals surface area contributed by atoms with Gasteiger partial charge in [0, 0.05) is 20.6 Å². The highest BCUT2D eigenvalue weighted by Gasteiger charge is 2.12. The number of anilines is 1. The van der Waals surface area contributed by atoms with Gasteiger partial charge in [0.25, 0.3) is 6.01 Å². The number of nitrogens with zero attached hydrogens (tertiary/aromatic N) is 2. The smallest absolute Gasteiger partial charge is 0.348 e. The van der Waals surface area contributed by atoms with Crippen LogP contribution in [0.15, 0.2) is 21.3 Å². The first-order valence-corrected chi connectivity index (χ1v) is 5.80. The summed E-state index contributed by atoms with van der Waals surface area (Å²) in [6.07, 6.45) is 0. The van der Waals surface area contributed by atoms with Gasteiger partial charge in [-0.25, -0.2) is 4.79 Å². The summed E-state index contributed by atoms with van der Waals surface area (Å²) in [5.74, 6) is 0. The first kappa shape index (κ1) is 12.6. The van der Waals surface area contributed by atoms with E-state index in [1.54, 1.807) is 19.0 Å². The Morgan fingerprint density at radius 1 is 1.39 bits per heavy atom. The van der Waals surface area contributed by atoms with Crippen LogP contribution in [-0.2, 0) is 6.54 Å². The van der Waals surface area contributed by atoms with E-state index in [1.807, 2.05) is 26.1 Å². The molecular formula is C13H17N3O2. The second kappa shape index (κ2) is 4.78. The lowest BCUT2D eigenvalue weighted by Gasteiger charge is -2.11.